The molecule has 1 aliphatic carbocycles. The number of rotatable bonds is 4. The second-order valence-electron chi connectivity index (χ2n) is 9.12. The van der Waals surface area contributed by atoms with Gasteiger partial charge in [-0.05, 0) is 49.9 Å². The SMILES string of the molecule is Cn1ncc2c(-c3ccc(Cl)cc3F)nc([C@H]3CCO[C@@H](c4cnn(C5CC5)c4)C3)cc2c1=O. The highest BCUT2D eigenvalue weighted by atomic mass is 35.5. The van der Waals surface area contributed by atoms with Gasteiger partial charge in [-0.1, -0.05) is 11.6 Å². The number of halogens is 2. The van der Waals surface area contributed by atoms with Gasteiger partial charge in [0.05, 0.1) is 35.6 Å². The predicted molar refractivity (Wildman–Crippen MR) is 126 cm³/mol. The fraction of sp³-hybridized carbons (Fsp3) is 0.360. The lowest BCUT2D eigenvalue weighted by Gasteiger charge is -2.29. The summed E-state index contributed by atoms with van der Waals surface area (Å²) >= 11 is 5.97. The Morgan fingerprint density at radius 2 is 1.97 bits per heavy atom. The molecule has 2 aliphatic rings. The second-order valence-corrected chi connectivity index (χ2v) is 9.56. The fourth-order valence-electron chi connectivity index (χ4n) is 4.71. The summed E-state index contributed by atoms with van der Waals surface area (Å²) in [6, 6.07) is 6.82. The first-order valence-corrected chi connectivity index (χ1v) is 11.8. The smallest absolute Gasteiger partial charge is 0.274 e. The van der Waals surface area contributed by atoms with E-state index in [2.05, 4.69) is 16.4 Å². The molecule has 1 aliphatic heterocycles. The van der Waals surface area contributed by atoms with E-state index < -0.39 is 5.82 Å². The van der Waals surface area contributed by atoms with E-state index >= 15 is 0 Å². The number of hydrogen-bond acceptors (Lipinski definition) is 5. The van der Waals surface area contributed by atoms with Gasteiger partial charge >= 0.3 is 0 Å². The predicted octanol–water partition coefficient (Wildman–Crippen LogP) is 4.95. The third kappa shape index (κ3) is 3.80. The molecule has 9 heteroatoms. The maximum absolute atomic E-state index is 14.9. The van der Waals surface area contributed by atoms with E-state index in [1.165, 1.54) is 23.6 Å². The summed E-state index contributed by atoms with van der Waals surface area (Å²) in [7, 11) is 1.60. The van der Waals surface area contributed by atoms with E-state index in [0.29, 0.717) is 46.1 Å². The van der Waals surface area contributed by atoms with Crippen molar-refractivity contribution in [1.82, 2.24) is 24.5 Å². The number of benzene rings is 1. The zero-order chi connectivity index (χ0) is 23.4. The maximum Gasteiger partial charge on any atom is 0.274 e. The van der Waals surface area contributed by atoms with Crippen molar-refractivity contribution in [2.75, 3.05) is 6.61 Å². The molecule has 1 saturated carbocycles. The van der Waals surface area contributed by atoms with Gasteiger partial charge in [-0.3, -0.25) is 14.5 Å². The van der Waals surface area contributed by atoms with Crippen LogP contribution >= 0.6 is 11.6 Å². The molecular formula is C25H23ClFN5O2. The Bertz CT molecular complexity index is 1460. The van der Waals surface area contributed by atoms with Gasteiger partial charge in [0.15, 0.2) is 0 Å². The molecule has 4 heterocycles. The van der Waals surface area contributed by atoms with Crippen LogP contribution in [0.25, 0.3) is 22.0 Å². The van der Waals surface area contributed by atoms with Gasteiger partial charge in [0.25, 0.3) is 5.56 Å². The van der Waals surface area contributed by atoms with Crippen LogP contribution in [0, 0.1) is 5.82 Å². The maximum atomic E-state index is 14.9. The monoisotopic (exact) mass is 479 g/mol. The van der Waals surface area contributed by atoms with Crippen LogP contribution in [0.2, 0.25) is 5.02 Å². The van der Waals surface area contributed by atoms with Crippen molar-refractivity contribution in [3.63, 3.8) is 0 Å². The van der Waals surface area contributed by atoms with Crippen LogP contribution < -0.4 is 5.56 Å². The summed E-state index contributed by atoms with van der Waals surface area (Å²) in [5.41, 5.74) is 2.26. The number of nitrogens with zero attached hydrogens (tertiary/aromatic N) is 5. The van der Waals surface area contributed by atoms with Crippen LogP contribution in [0.1, 0.15) is 55.0 Å². The van der Waals surface area contributed by atoms with Crippen molar-refractivity contribution in [2.24, 2.45) is 7.05 Å². The summed E-state index contributed by atoms with van der Waals surface area (Å²) in [4.78, 5) is 17.8. The van der Waals surface area contributed by atoms with Crippen LogP contribution in [-0.4, -0.2) is 31.2 Å². The van der Waals surface area contributed by atoms with E-state index in [-0.39, 0.29) is 17.6 Å². The lowest BCUT2D eigenvalue weighted by Crippen LogP contribution is -2.22. The van der Waals surface area contributed by atoms with Gasteiger partial charge < -0.3 is 4.74 Å². The molecule has 0 bridgehead atoms. The molecule has 1 saturated heterocycles. The third-order valence-electron chi connectivity index (χ3n) is 6.77. The quantitative estimate of drug-likeness (QED) is 0.414. The van der Waals surface area contributed by atoms with E-state index in [4.69, 9.17) is 21.3 Å². The number of fused-ring (bicyclic) bond motifs is 1. The second kappa shape index (κ2) is 8.29. The van der Waals surface area contributed by atoms with Crippen molar-refractivity contribution >= 4 is 22.4 Å². The Morgan fingerprint density at radius 3 is 2.76 bits per heavy atom. The van der Waals surface area contributed by atoms with Gasteiger partial charge in [0, 0.05) is 53.0 Å². The molecular weight excluding hydrogens is 457 g/mol. The molecule has 0 unspecified atom stereocenters. The topological polar surface area (TPSA) is 74.8 Å². The lowest BCUT2D eigenvalue weighted by molar-refractivity contribution is 0.00463. The summed E-state index contributed by atoms with van der Waals surface area (Å²) in [6.45, 7) is 0.572. The molecule has 174 valence electrons. The third-order valence-corrected chi connectivity index (χ3v) is 7.00. The van der Waals surface area contributed by atoms with Gasteiger partial charge in [-0.25, -0.2) is 9.07 Å². The largest absolute Gasteiger partial charge is 0.373 e. The molecule has 6 rings (SSSR count). The summed E-state index contributed by atoms with van der Waals surface area (Å²) in [5, 5.41) is 9.93. The lowest BCUT2D eigenvalue weighted by atomic mass is 9.89. The van der Waals surface area contributed by atoms with Crippen molar-refractivity contribution < 1.29 is 9.13 Å². The van der Waals surface area contributed by atoms with Crippen molar-refractivity contribution in [3.05, 3.63) is 75.3 Å². The highest BCUT2D eigenvalue weighted by Crippen LogP contribution is 2.40. The van der Waals surface area contributed by atoms with Crippen LogP contribution in [0.3, 0.4) is 0 Å². The van der Waals surface area contributed by atoms with Crippen LogP contribution in [0.15, 0.2) is 47.7 Å². The fourth-order valence-corrected chi connectivity index (χ4v) is 4.86. The first kappa shape index (κ1) is 21.4. The highest BCUT2D eigenvalue weighted by molar-refractivity contribution is 6.30. The molecule has 1 aromatic carbocycles. The van der Waals surface area contributed by atoms with Crippen molar-refractivity contribution in [3.8, 4) is 11.3 Å². The van der Waals surface area contributed by atoms with Gasteiger partial charge in [0.1, 0.15) is 5.82 Å². The number of hydrogen-bond donors (Lipinski definition) is 0. The molecule has 3 aromatic heterocycles. The Hall–Kier alpha value is -3.10. The zero-order valence-electron chi connectivity index (χ0n) is 18.6. The minimum atomic E-state index is -0.489. The minimum Gasteiger partial charge on any atom is -0.373 e. The van der Waals surface area contributed by atoms with Crippen molar-refractivity contribution in [1.29, 1.82) is 0 Å². The van der Waals surface area contributed by atoms with Crippen LogP contribution in [-0.2, 0) is 11.8 Å². The first-order valence-electron chi connectivity index (χ1n) is 11.5. The molecule has 4 aromatic rings. The molecule has 0 spiro atoms. The Kier molecular flexibility index (Phi) is 5.22. The highest BCUT2D eigenvalue weighted by Gasteiger charge is 2.30. The summed E-state index contributed by atoms with van der Waals surface area (Å²) < 4.78 is 24.3. The Balaban J connectivity index is 1.43. The van der Waals surface area contributed by atoms with Crippen LogP contribution in [0.4, 0.5) is 4.39 Å². The normalized spacial score (nSPS) is 20.7. The van der Waals surface area contributed by atoms with Crippen molar-refractivity contribution in [2.45, 2.75) is 43.7 Å². The number of pyridine rings is 1. The number of aryl methyl sites for hydroxylation is 1. The summed E-state index contributed by atoms with van der Waals surface area (Å²) in [5.74, 6) is -0.434. The van der Waals surface area contributed by atoms with E-state index in [0.717, 1.165) is 17.7 Å². The van der Waals surface area contributed by atoms with E-state index in [9.17, 15) is 9.18 Å². The van der Waals surface area contributed by atoms with Gasteiger partial charge in [-0.2, -0.15) is 10.2 Å². The van der Waals surface area contributed by atoms with Gasteiger partial charge in [-0.15, -0.1) is 0 Å². The van der Waals surface area contributed by atoms with E-state index in [1.54, 1.807) is 25.4 Å². The number of aromatic nitrogens is 5. The Labute approximate surface area is 200 Å². The molecule has 2 atom stereocenters. The molecule has 0 N–H and O–H groups in total. The molecule has 2 fully saturated rings. The molecule has 34 heavy (non-hydrogen) atoms. The average Bonchev–Trinajstić information content (AvgIpc) is 3.57. The van der Waals surface area contributed by atoms with E-state index in [1.807, 2.05) is 16.9 Å². The van der Waals surface area contributed by atoms with Gasteiger partial charge in [0.2, 0.25) is 0 Å². The first-order chi connectivity index (χ1) is 16.5. The average molecular weight is 480 g/mol. The molecule has 0 radical (unpaired) electrons. The standard InChI is InChI=1S/C25H23ClFN5O2/c1-31-25(33)19-10-22(30-24(20(19)12-28-31)18-5-2-16(26)9-21(18)27)14-6-7-34-23(8-14)15-11-29-32(13-15)17-3-4-17/h2,5,9-14,17,23H,3-4,6-8H2,1H3/t14-,23+/m0/s1. The Morgan fingerprint density at radius 1 is 1.12 bits per heavy atom. The zero-order valence-corrected chi connectivity index (χ0v) is 19.4. The number of ether oxygens (including phenoxy) is 1. The molecule has 0 amide bonds. The van der Waals surface area contributed by atoms with Crippen LogP contribution in [0.5, 0.6) is 0 Å². The molecule has 7 nitrogen and oxygen atoms in total. The minimum absolute atomic E-state index is 0.0550. The summed E-state index contributed by atoms with van der Waals surface area (Å²) in [6.07, 6.45) is 9.25.